The molecule has 1 heterocycles. The fraction of sp³-hybridized carbons (Fsp3) is 0.304. The van der Waals surface area contributed by atoms with Crippen LogP contribution in [0.1, 0.15) is 50.3 Å². The third kappa shape index (κ3) is 4.98. The van der Waals surface area contributed by atoms with Gasteiger partial charge in [-0.05, 0) is 83.8 Å². The van der Waals surface area contributed by atoms with Crippen LogP contribution in [0.3, 0.4) is 0 Å². The summed E-state index contributed by atoms with van der Waals surface area (Å²) in [5, 5.41) is 0. The lowest BCUT2D eigenvalue weighted by molar-refractivity contribution is -0.129. The third-order valence-electron chi connectivity index (χ3n) is 4.37. The Hall–Kier alpha value is -2.35. The smallest absolute Gasteiger partial charge is 0.363 e. The van der Waals surface area contributed by atoms with Crippen molar-refractivity contribution in [3.63, 3.8) is 0 Å². The molecule has 0 aromatic heterocycles. The Labute approximate surface area is 184 Å². The summed E-state index contributed by atoms with van der Waals surface area (Å²) in [7, 11) is 0. The monoisotopic (exact) mass is 505 g/mol. The van der Waals surface area contributed by atoms with Gasteiger partial charge in [0.05, 0.1) is 16.8 Å². The third-order valence-corrected chi connectivity index (χ3v) is 5.17. The van der Waals surface area contributed by atoms with Crippen molar-refractivity contribution in [2.45, 2.75) is 33.6 Å². The molecule has 5 nitrogen and oxygen atoms in total. The number of benzene rings is 2. The predicted molar refractivity (Wildman–Crippen MR) is 123 cm³/mol. The highest BCUT2D eigenvalue weighted by molar-refractivity contribution is 14.1. The summed E-state index contributed by atoms with van der Waals surface area (Å²) < 4.78 is 17.7. The largest absolute Gasteiger partial charge is 0.490 e. The fourth-order valence-corrected chi connectivity index (χ4v) is 3.70. The zero-order chi connectivity index (χ0) is 21.0. The van der Waals surface area contributed by atoms with Crippen molar-refractivity contribution in [3.05, 3.63) is 62.4 Å². The maximum Gasteiger partial charge on any atom is 0.363 e. The number of hydrogen-bond acceptors (Lipinski definition) is 5. The minimum absolute atomic E-state index is 0.260. The Balaban J connectivity index is 1.92. The number of cyclic esters (lactones) is 1. The molecule has 0 fully saturated rings. The van der Waals surface area contributed by atoms with Crippen molar-refractivity contribution < 1.29 is 19.0 Å². The van der Waals surface area contributed by atoms with Gasteiger partial charge in [0.1, 0.15) is 0 Å². The highest BCUT2D eigenvalue weighted by Crippen LogP contribution is 2.35. The molecule has 0 amide bonds. The summed E-state index contributed by atoms with van der Waals surface area (Å²) in [6.45, 7) is 9.19. The Morgan fingerprint density at radius 3 is 2.41 bits per heavy atom. The highest BCUT2D eigenvalue weighted by atomic mass is 127. The van der Waals surface area contributed by atoms with Crippen molar-refractivity contribution >= 4 is 40.5 Å². The fourth-order valence-electron chi connectivity index (χ4n) is 2.92. The van der Waals surface area contributed by atoms with Crippen LogP contribution < -0.4 is 9.47 Å². The van der Waals surface area contributed by atoms with Gasteiger partial charge in [0, 0.05) is 5.56 Å². The van der Waals surface area contributed by atoms with Gasteiger partial charge in [0.15, 0.2) is 17.2 Å². The van der Waals surface area contributed by atoms with Crippen LogP contribution in [-0.2, 0) is 9.53 Å². The number of halogens is 1. The van der Waals surface area contributed by atoms with Gasteiger partial charge in [-0.2, -0.15) is 0 Å². The molecule has 2 aromatic rings. The van der Waals surface area contributed by atoms with E-state index >= 15 is 0 Å². The first-order valence-electron chi connectivity index (χ1n) is 9.65. The molecule has 3 rings (SSSR count). The molecule has 0 radical (unpaired) electrons. The van der Waals surface area contributed by atoms with Crippen LogP contribution in [-0.4, -0.2) is 25.1 Å². The average molecular weight is 505 g/mol. The summed E-state index contributed by atoms with van der Waals surface area (Å²) in [4.78, 5) is 16.7. The predicted octanol–water partition coefficient (Wildman–Crippen LogP) is 5.56. The van der Waals surface area contributed by atoms with E-state index in [-0.39, 0.29) is 5.70 Å². The van der Waals surface area contributed by atoms with Crippen LogP contribution in [0.25, 0.3) is 6.08 Å². The van der Waals surface area contributed by atoms with Gasteiger partial charge in [-0.1, -0.05) is 26.0 Å². The van der Waals surface area contributed by atoms with Crippen LogP contribution in [0.15, 0.2) is 47.1 Å². The lowest BCUT2D eigenvalue weighted by Gasteiger charge is -2.13. The topological polar surface area (TPSA) is 57.1 Å². The minimum Gasteiger partial charge on any atom is -0.490 e. The maximum atomic E-state index is 12.3. The molecule has 0 unspecified atom stereocenters. The van der Waals surface area contributed by atoms with E-state index in [2.05, 4.69) is 41.4 Å². The van der Waals surface area contributed by atoms with E-state index in [1.54, 1.807) is 6.08 Å². The highest BCUT2D eigenvalue weighted by Gasteiger charge is 2.24. The van der Waals surface area contributed by atoms with Gasteiger partial charge in [0.25, 0.3) is 0 Å². The van der Waals surface area contributed by atoms with Crippen molar-refractivity contribution in [1.82, 2.24) is 0 Å². The van der Waals surface area contributed by atoms with Crippen LogP contribution in [0.5, 0.6) is 11.5 Å². The molecule has 0 saturated heterocycles. The summed E-state index contributed by atoms with van der Waals surface area (Å²) in [6.07, 6.45) is 1.71. The molecule has 2 aromatic carbocycles. The Bertz CT molecular complexity index is 962. The van der Waals surface area contributed by atoms with E-state index in [0.29, 0.717) is 36.5 Å². The van der Waals surface area contributed by atoms with E-state index in [9.17, 15) is 4.79 Å². The zero-order valence-electron chi connectivity index (χ0n) is 17.0. The van der Waals surface area contributed by atoms with Gasteiger partial charge in [0.2, 0.25) is 5.90 Å². The summed E-state index contributed by atoms with van der Waals surface area (Å²) in [6, 6.07) is 11.7. The molecular formula is C23H24INO4. The molecule has 29 heavy (non-hydrogen) atoms. The van der Waals surface area contributed by atoms with Crippen LogP contribution in [0.4, 0.5) is 0 Å². The van der Waals surface area contributed by atoms with E-state index in [4.69, 9.17) is 14.2 Å². The average Bonchev–Trinajstić information content (AvgIpc) is 3.05. The van der Waals surface area contributed by atoms with Gasteiger partial charge in [-0.3, -0.25) is 0 Å². The zero-order valence-corrected chi connectivity index (χ0v) is 19.1. The van der Waals surface area contributed by atoms with E-state index < -0.39 is 5.97 Å². The molecule has 0 spiro atoms. The normalized spacial score (nSPS) is 14.9. The Kier molecular flexibility index (Phi) is 6.95. The molecule has 6 heteroatoms. The van der Waals surface area contributed by atoms with Crippen LogP contribution in [0.2, 0.25) is 0 Å². The van der Waals surface area contributed by atoms with E-state index in [1.807, 2.05) is 50.2 Å². The summed E-state index contributed by atoms with van der Waals surface area (Å²) >= 11 is 2.20. The number of rotatable bonds is 7. The molecule has 0 aliphatic carbocycles. The SMILES string of the molecule is CCOc1cc(/C=C2\N=C(c3ccc(C(C)C)cc3)OC2=O)cc(I)c1OCC. The minimum atomic E-state index is -0.463. The molecule has 1 aliphatic heterocycles. The second kappa shape index (κ2) is 9.43. The Morgan fingerprint density at radius 2 is 1.79 bits per heavy atom. The summed E-state index contributed by atoms with van der Waals surface area (Å²) in [5.74, 6) is 1.65. The lowest BCUT2D eigenvalue weighted by atomic mass is 10.0. The first-order chi connectivity index (χ1) is 13.9. The van der Waals surface area contributed by atoms with Gasteiger partial charge >= 0.3 is 5.97 Å². The molecule has 152 valence electrons. The number of aliphatic imine (C=N–C) groups is 1. The molecule has 0 N–H and O–H groups in total. The number of ether oxygens (including phenoxy) is 3. The van der Waals surface area contributed by atoms with Crippen LogP contribution in [0, 0.1) is 3.57 Å². The quantitative estimate of drug-likeness (QED) is 0.281. The number of nitrogens with zero attached hydrogens (tertiary/aromatic N) is 1. The first-order valence-corrected chi connectivity index (χ1v) is 10.7. The van der Waals surface area contributed by atoms with E-state index in [0.717, 1.165) is 14.7 Å². The maximum absolute atomic E-state index is 12.3. The standard InChI is InChI=1S/C23H24INO4/c1-5-27-20-13-15(11-18(24)21(20)28-6-2)12-19-23(26)29-22(25-19)17-9-7-16(8-10-17)14(3)4/h7-14H,5-6H2,1-4H3/b19-12-. The number of carbonyl (C=O) groups is 1. The summed E-state index contributed by atoms with van der Waals surface area (Å²) in [5.41, 5.74) is 3.06. The first kappa shape index (κ1) is 21.4. The number of hydrogen-bond donors (Lipinski definition) is 0. The number of carbonyl (C=O) groups excluding carboxylic acids is 1. The van der Waals surface area contributed by atoms with Crippen molar-refractivity contribution in [1.29, 1.82) is 0 Å². The van der Waals surface area contributed by atoms with Crippen molar-refractivity contribution in [3.8, 4) is 11.5 Å². The molecule has 0 bridgehead atoms. The van der Waals surface area contributed by atoms with Crippen LogP contribution >= 0.6 is 22.6 Å². The molecule has 0 saturated carbocycles. The lowest BCUT2D eigenvalue weighted by Crippen LogP contribution is -2.05. The molecular weight excluding hydrogens is 481 g/mol. The van der Waals surface area contributed by atoms with Gasteiger partial charge in [-0.25, -0.2) is 9.79 Å². The van der Waals surface area contributed by atoms with Gasteiger partial charge < -0.3 is 14.2 Å². The second-order valence-electron chi connectivity index (χ2n) is 6.81. The Morgan fingerprint density at radius 1 is 1.10 bits per heavy atom. The number of esters is 1. The van der Waals surface area contributed by atoms with Gasteiger partial charge in [-0.15, -0.1) is 0 Å². The van der Waals surface area contributed by atoms with Crippen molar-refractivity contribution in [2.75, 3.05) is 13.2 Å². The molecule has 0 atom stereocenters. The molecule has 1 aliphatic rings. The second-order valence-corrected chi connectivity index (χ2v) is 7.97. The van der Waals surface area contributed by atoms with E-state index in [1.165, 1.54) is 5.56 Å². The van der Waals surface area contributed by atoms with Crippen molar-refractivity contribution in [2.24, 2.45) is 4.99 Å².